The van der Waals surface area contributed by atoms with E-state index in [-0.39, 0.29) is 11.7 Å². The summed E-state index contributed by atoms with van der Waals surface area (Å²) in [5, 5.41) is 11.6. The van der Waals surface area contributed by atoms with Gasteiger partial charge in [0.2, 0.25) is 0 Å². The third kappa shape index (κ3) is 5.35. The second-order valence-electron chi connectivity index (χ2n) is 8.06. The van der Waals surface area contributed by atoms with E-state index in [1.165, 1.54) is 29.8 Å². The number of nitrogens with one attached hydrogen (secondary N) is 1. The maximum atomic E-state index is 13.0. The van der Waals surface area contributed by atoms with Gasteiger partial charge in [-0.3, -0.25) is 4.79 Å². The predicted molar refractivity (Wildman–Crippen MR) is 117 cm³/mol. The fourth-order valence-corrected chi connectivity index (χ4v) is 4.06. The number of fused-ring (bicyclic) bond motifs is 1. The highest BCUT2D eigenvalue weighted by atomic mass is 19.1. The average molecular weight is 422 g/mol. The Morgan fingerprint density at radius 1 is 1.06 bits per heavy atom. The summed E-state index contributed by atoms with van der Waals surface area (Å²) in [5.74, 6) is 1.82. The number of nitrogens with zero attached hydrogens (tertiary/aromatic N) is 4. The Labute approximate surface area is 182 Å². The lowest BCUT2D eigenvalue weighted by molar-refractivity contribution is 0.0954. The molecule has 3 aromatic rings. The van der Waals surface area contributed by atoms with Crippen LogP contribution >= 0.6 is 0 Å². The molecule has 0 saturated carbocycles. The van der Waals surface area contributed by atoms with Gasteiger partial charge >= 0.3 is 0 Å². The van der Waals surface area contributed by atoms with Gasteiger partial charge in [0.15, 0.2) is 0 Å². The summed E-state index contributed by atoms with van der Waals surface area (Å²) in [6.07, 6.45) is 1.48. The van der Waals surface area contributed by atoms with Crippen molar-refractivity contribution in [1.29, 1.82) is 0 Å². The number of carbonyl (C=O) groups is 1. The summed E-state index contributed by atoms with van der Waals surface area (Å²) in [6, 6.07) is 16.2. The van der Waals surface area contributed by atoms with Crippen molar-refractivity contribution in [2.24, 2.45) is 0 Å². The molecule has 0 radical (unpaired) electrons. The summed E-state index contributed by atoms with van der Waals surface area (Å²) in [6.45, 7) is 6.53. The highest BCUT2D eigenvalue weighted by molar-refractivity contribution is 5.94. The molecule has 0 aliphatic carbocycles. The van der Waals surface area contributed by atoms with Gasteiger partial charge in [-0.05, 0) is 35.7 Å². The quantitative estimate of drug-likeness (QED) is 0.637. The largest absolute Gasteiger partial charge is 0.352 e. The second-order valence-corrected chi connectivity index (χ2v) is 8.06. The van der Waals surface area contributed by atoms with Crippen molar-refractivity contribution in [3.8, 4) is 0 Å². The van der Waals surface area contributed by atoms with E-state index in [2.05, 4.69) is 62.2 Å². The van der Waals surface area contributed by atoms with E-state index < -0.39 is 0 Å². The number of hydrogen-bond donors (Lipinski definition) is 1. The molecule has 162 valence electrons. The van der Waals surface area contributed by atoms with Crippen LogP contribution < -0.4 is 5.32 Å². The fraction of sp³-hybridized carbons (Fsp3) is 0.375. The number of aromatic nitrogens is 3. The van der Waals surface area contributed by atoms with Crippen LogP contribution in [0.4, 0.5) is 4.39 Å². The first kappa shape index (κ1) is 21.2. The minimum Gasteiger partial charge on any atom is -0.352 e. The van der Waals surface area contributed by atoms with Gasteiger partial charge in [0.1, 0.15) is 17.5 Å². The molecule has 1 amide bonds. The highest BCUT2D eigenvalue weighted by Gasteiger charge is 2.20. The van der Waals surface area contributed by atoms with Crippen LogP contribution in [0, 0.1) is 5.82 Å². The van der Waals surface area contributed by atoms with Gasteiger partial charge in [-0.15, -0.1) is 10.2 Å². The molecule has 0 saturated heterocycles. The van der Waals surface area contributed by atoms with E-state index in [0.717, 1.165) is 44.2 Å². The van der Waals surface area contributed by atoms with Gasteiger partial charge in [-0.25, -0.2) is 4.39 Å². The maximum Gasteiger partial charge on any atom is 0.251 e. The van der Waals surface area contributed by atoms with Crippen LogP contribution in [-0.4, -0.2) is 51.8 Å². The smallest absolute Gasteiger partial charge is 0.251 e. The Morgan fingerprint density at radius 2 is 1.84 bits per heavy atom. The van der Waals surface area contributed by atoms with Crippen molar-refractivity contribution in [2.45, 2.75) is 32.2 Å². The Hall–Kier alpha value is -3.06. The topological polar surface area (TPSA) is 63.1 Å². The van der Waals surface area contributed by atoms with Crippen LogP contribution in [0.5, 0.6) is 0 Å². The Balaban J connectivity index is 1.29. The van der Waals surface area contributed by atoms with Crippen LogP contribution in [0.1, 0.15) is 40.4 Å². The average Bonchev–Trinajstić information content (AvgIpc) is 3.06. The van der Waals surface area contributed by atoms with E-state index in [9.17, 15) is 9.18 Å². The van der Waals surface area contributed by atoms with Crippen molar-refractivity contribution >= 4 is 5.91 Å². The lowest BCUT2D eigenvalue weighted by atomic mass is 10.0. The molecule has 0 fully saturated rings. The standard InChI is InChI=1S/C24H28FN5O/c1-18(19-5-3-2-4-6-19)17-29-14-12-23-28-27-22(30(23)16-15-29)11-13-26-24(31)20-7-9-21(25)10-8-20/h2-10,18H,11-17H2,1H3,(H,26,31). The van der Waals surface area contributed by atoms with Gasteiger partial charge < -0.3 is 14.8 Å². The molecule has 0 bridgehead atoms. The van der Waals surface area contributed by atoms with Gasteiger partial charge in [0, 0.05) is 51.1 Å². The van der Waals surface area contributed by atoms with Crippen molar-refractivity contribution in [3.05, 3.63) is 83.2 Å². The zero-order chi connectivity index (χ0) is 21.6. The first-order valence-corrected chi connectivity index (χ1v) is 10.8. The van der Waals surface area contributed by atoms with Crippen LogP contribution in [0.25, 0.3) is 0 Å². The monoisotopic (exact) mass is 421 g/mol. The zero-order valence-electron chi connectivity index (χ0n) is 17.8. The maximum absolute atomic E-state index is 13.0. The molecule has 0 spiro atoms. The van der Waals surface area contributed by atoms with Gasteiger partial charge in [0.25, 0.3) is 5.91 Å². The number of hydrogen-bond acceptors (Lipinski definition) is 4. The molecular weight excluding hydrogens is 393 g/mol. The van der Waals surface area contributed by atoms with Crippen LogP contribution in [-0.2, 0) is 19.4 Å². The normalized spacial score (nSPS) is 15.2. The first-order chi connectivity index (χ1) is 15.1. The number of benzene rings is 2. The second kappa shape index (κ2) is 9.83. The number of amides is 1. The van der Waals surface area contributed by atoms with E-state index in [1.54, 1.807) is 0 Å². The van der Waals surface area contributed by atoms with Crippen LogP contribution in [0.3, 0.4) is 0 Å². The summed E-state index contributed by atoms with van der Waals surface area (Å²) in [7, 11) is 0. The summed E-state index contributed by atoms with van der Waals surface area (Å²) in [5.41, 5.74) is 1.81. The van der Waals surface area contributed by atoms with Crippen LogP contribution in [0.2, 0.25) is 0 Å². The molecule has 1 N–H and O–H groups in total. The predicted octanol–water partition coefficient (Wildman–Crippen LogP) is 3.05. The SMILES string of the molecule is CC(CN1CCc2nnc(CCNC(=O)c3ccc(F)cc3)n2CC1)c1ccccc1. The summed E-state index contributed by atoms with van der Waals surface area (Å²) >= 11 is 0. The third-order valence-corrected chi connectivity index (χ3v) is 5.84. The number of carbonyl (C=O) groups excluding carboxylic acids is 1. The van der Waals surface area contributed by atoms with Crippen molar-refractivity contribution in [1.82, 2.24) is 25.0 Å². The van der Waals surface area contributed by atoms with Crippen molar-refractivity contribution < 1.29 is 9.18 Å². The molecule has 6 nitrogen and oxygen atoms in total. The van der Waals surface area contributed by atoms with Gasteiger partial charge in [-0.2, -0.15) is 0 Å². The minimum atomic E-state index is -0.352. The molecule has 4 rings (SSSR count). The lowest BCUT2D eigenvalue weighted by Crippen LogP contribution is -2.31. The van der Waals surface area contributed by atoms with E-state index in [4.69, 9.17) is 0 Å². The van der Waals surface area contributed by atoms with E-state index >= 15 is 0 Å². The number of halogens is 1. The minimum absolute atomic E-state index is 0.211. The summed E-state index contributed by atoms with van der Waals surface area (Å²) < 4.78 is 15.2. The lowest BCUT2D eigenvalue weighted by Gasteiger charge is -2.24. The molecule has 1 atom stereocenters. The molecule has 1 unspecified atom stereocenters. The van der Waals surface area contributed by atoms with Gasteiger partial charge in [0.05, 0.1) is 0 Å². The molecular formula is C24H28FN5O. The molecule has 1 aliphatic heterocycles. The number of rotatable bonds is 7. The Morgan fingerprint density at radius 3 is 2.61 bits per heavy atom. The van der Waals surface area contributed by atoms with Crippen molar-refractivity contribution in [3.63, 3.8) is 0 Å². The Kier molecular flexibility index (Phi) is 6.72. The zero-order valence-corrected chi connectivity index (χ0v) is 17.8. The molecule has 2 heterocycles. The molecule has 1 aromatic heterocycles. The molecule has 1 aliphatic rings. The first-order valence-electron chi connectivity index (χ1n) is 10.8. The third-order valence-electron chi connectivity index (χ3n) is 5.84. The van der Waals surface area contributed by atoms with Gasteiger partial charge in [-0.1, -0.05) is 37.3 Å². The van der Waals surface area contributed by atoms with E-state index in [1.807, 2.05) is 0 Å². The summed E-state index contributed by atoms with van der Waals surface area (Å²) in [4.78, 5) is 14.7. The highest BCUT2D eigenvalue weighted by Crippen LogP contribution is 2.18. The fourth-order valence-electron chi connectivity index (χ4n) is 4.06. The van der Waals surface area contributed by atoms with Crippen molar-refractivity contribution in [2.75, 3.05) is 26.2 Å². The molecule has 7 heteroatoms. The van der Waals surface area contributed by atoms with E-state index in [0.29, 0.717) is 24.4 Å². The molecule has 2 aromatic carbocycles. The molecule has 31 heavy (non-hydrogen) atoms. The van der Waals surface area contributed by atoms with Crippen LogP contribution in [0.15, 0.2) is 54.6 Å². The Bertz CT molecular complexity index is 1000.